The number of piperidine rings is 1. The van der Waals surface area contributed by atoms with E-state index in [1.807, 2.05) is 54.6 Å². The highest BCUT2D eigenvalue weighted by Crippen LogP contribution is 2.22. The predicted octanol–water partition coefficient (Wildman–Crippen LogP) is 3.78. The maximum atomic E-state index is 12.5. The summed E-state index contributed by atoms with van der Waals surface area (Å²) in [6.07, 6.45) is 2.66. The first-order chi connectivity index (χ1) is 13.5. The molecule has 0 spiro atoms. The number of halogens is 1. The Labute approximate surface area is 174 Å². The van der Waals surface area contributed by atoms with Gasteiger partial charge in [-0.05, 0) is 36.1 Å². The molecule has 1 amide bonds. The van der Waals surface area contributed by atoms with Gasteiger partial charge in [-0.25, -0.2) is 8.42 Å². The lowest BCUT2D eigenvalue weighted by atomic mass is 9.97. The Balaban J connectivity index is 1.51. The number of hydrogen-bond acceptors (Lipinski definition) is 3. The molecule has 0 unspecified atom stereocenters. The third-order valence-corrected chi connectivity index (χ3v) is 7.17. The molecule has 0 saturated carbocycles. The first-order valence-corrected chi connectivity index (χ1v) is 11.5. The van der Waals surface area contributed by atoms with Crippen molar-refractivity contribution >= 4 is 37.9 Å². The number of nitrogens with one attached hydrogen (secondary N) is 1. The molecule has 2 aromatic rings. The van der Waals surface area contributed by atoms with Crippen LogP contribution in [0.3, 0.4) is 0 Å². The number of benzene rings is 2. The Kier molecular flexibility index (Phi) is 7.04. The van der Waals surface area contributed by atoms with Crippen LogP contribution in [0.25, 0.3) is 6.08 Å². The van der Waals surface area contributed by atoms with Crippen molar-refractivity contribution in [2.45, 2.75) is 19.4 Å². The van der Waals surface area contributed by atoms with Crippen LogP contribution in [0.1, 0.15) is 24.0 Å². The fraction of sp³-hybridized carbons (Fsp3) is 0.286. The highest BCUT2D eigenvalue weighted by atomic mass is 79.9. The van der Waals surface area contributed by atoms with E-state index in [1.54, 1.807) is 6.08 Å². The molecule has 3 rings (SSSR count). The first-order valence-electron chi connectivity index (χ1n) is 9.20. The molecule has 1 heterocycles. The Morgan fingerprint density at radius 2 is 1.71 bits per heavy atom. The maximum Gasteiger partial charge on any atom is 0.236 e. The lowest BCUT2D eigenvalue weighted by Crippen LogP contribution is -2.42. The zero-order chi connectivity index (χ0) is 20.0. The second-order valence-corrected chi connectivity index (χ2v) is 9.41. The van der Waals surface area contributed by atoms with Crippen molar-refractivity contribution in [3.63, 3.8) is 0 Å². The average molecular weight is 463 g/mol. The second-order valence-electron chi connectivity index (χ2n) is 6.74. The normalized spacial score (nSPS) is 16.3. The van der Waals surface area contributed by atoms with Crippen LogP contribution in [0.2, 0.25) is 0 Å². The Morgan fingerprint density at radius 1 is 1.07 bits per heavy atom. The van der Waals surface area contributed by atoms with Gasteiger partial charge in [-0.15, -0.1) is 0 Å². The topological polar surface area (TPSA) is 66.5 Å². The van der Waals surface area contributed by atoms with Gasteiger partial charge in [0.25, 0.3) is 0 Å². The van der Waals surface area contributed by atoms with E-state index in [4.69, 9.17) is 0 Å². The van der Waals surface area contributed by atoms with Gasteiger partial charge in [0.2, 0.25) is 15.9 Å². The van der Waals surface area contributed by atoms with E-state index in [2.05, 4.69) is 21.2 Å². The van der Waals surface area contributed by atoms with Crippen LogP contribution in [0.4, 0.5) is 0 Å². The summed E-state index contributed by atoms with van der Waals surface area (Å²) in [6.45, 7) is 1.17. The summed E-state index contributed by atoms with van der Waals surface area (Å²) in [5, 5.41) is 4.20. The molecule has 1 N–H and O–H groups in total. The van der Waals surface area contributed by atoms with E-state index in [1.165, 1.54) is 9.71 Å². The van der Waals surface area contributed by atoms with Gasteiger partial charge < -0.3 is 5.32 Å². The van der Waals surface area contributed by atoms with E-state index in [9.17, 15) is 13.2 Å². The van der Waals surface area contributed by atoms with Crippen molar-refractivity contribution in [1.29, 1.82) is 0 Å². The van der Waals surface area contributed by atoms with Gasteiger partial charge in [-0.2, -0.15) is 4.31 Å². The number of carbonyl (C=O) groups is 1. The lowest BCUT2D eigenvalue weighted by molar-refractivity contribution is -0.126. The molecule has 1 aliphatic heterocycles. The molecule has 0 radical (unpaired) electrons. The number of hydrogen-bond donors (Lipinski definition) is 1. The molecule has 0 bridgehead atoms. The van der Waals surface area contributed by atoms with Crippen LogP contribution in [0, 0.1) is 5.92 Å². The molecule has 5 nitrogen and oxygen atoms in total. The van der Waals surface area contributed by atoms with Gasteiger partial charge in [0.1, 0.15) is 0 Å². The van der Waals surface area contributed by atoms with Crippen molar-refractivity contribution in [1.82, 2.24) is 9.62 Å². The van der Waals surface area contributed by atoms with E-state index in [0.29, 0.717) is 32.5 Å². The van der Waals surface area contributed by atoms with Crippen LogP contribution >= 0.6 is 15.9 Å². The van der Waals surface area contributed by atoms with Gasteiger partial charge in [-0.1, -0.05) is 64.5 Å². The fourth-order valence-corrected chi connectivity index (χ4v) is 4.80. The minimum absolute atomic E-state index is 0.0207. The minimum atomic E-state index is -3.48. The Hall–Kier alpha value is -1.96. The zero-order valence-corrected chi connectivity index (χ0v) is 17.8. The molecule has 2 aromatic carbocycles. The molecule has 0 aromatic heterocycles. The van der Waals surface area contributed by atoms with Gasteiger partial charge >= 0.3 is 0 Å². The number of carbonyl (C=O) groups excluding carboxylic acids is 1. The number of rotatable bonds is 6. The SMILES string of the molecule is O=C(NCc1ccccc1Br)C1CCN(S(=O)(=O)/C=C/c2ccccc2)CC1. The molecule has 0 aliphatic carbocycles. The van der Waals surface area contributed by atoms with Crippen molar-refractivity contribution < 1.29 is 13.2 Å². The fourth-order valence-electron chi connectivity index (χ4n) is 3.16. The van der Waals surface area contributed by atoms with Gasteiger partial charge in [0.15, 0.2) is 0 Å². The Bertz CT molecular complexity index is 937. The molecular formula is C21H23BrN2O3S. The van der Waals surface area contributed by atoms with Crippen molar-refractivity contribution in [3.8, 4) is 0 Å². The molecule has 1 aliphatic rings. The molecule has 7 heteroatoms. The van der Waals surface area contributed by atoms with Crippen LogP contribution in [-0.2, 0) is 21.4 Å². The highest BCUT2D eigenvalue weighted by Gasteiger charge is 2.29. The molecule has 1 saturated heterocycles. The van der Waals surface area contributed by atoms with E-state index >= 15 is 0 Å². The largest absolute Gasteiger partial charge is 0.352 e. The third-order valence-electron chi connectivity index (χ3n) is 4.83. The zero-order valence-electron chi connectivity index (χ0n) is 15.4. The van der Waals surface area contributed by atoms with Crippen molar-refractivity contribution in [2.24, 2.45) is 5.92 Å². The molecule has 1 fully saturated rings. The van der Waals surface area contributed by atoms with Crippen LogP contribution in [0.5, 0.6) is 0 Å². The van der Waals surface area contributed by atoms with E-state index in [0.717, 1.165) is 15.6 Å². The monoisotopic (exact) mass is 462 g/mol. The summed E-state index contributed by atoms with van der Waals surface area (Å²) in [6, 6.07) is 17.1. The van der Waals surface area contributed by atoms with Crippen LogP contribution in [0.15, 0.2) is 64.5 Å². The predicted molar refractivity (Wildman–Crippen MR) is 115 cm³/mol. The summed E-state index contributed by atoms with van der Waals surface area (Å²) in [5.74, 6) is -0.181. The average Bonchev–Trinajstić information content (AvgIpc) is 2.72. The number of amides is 1. The summed E-state index contributed by atoms with van der Waals surface area (Å²) in [4.78, 5) is 12.4. The van der Waals surface area contributed by atoms with Crippen molar-refractivity contribution in [2.75, 3.05) is 13.1 Å². The van der Waals surface area contributed by atoms with E-state index < -0.39 is 10.0 Å². The second kappa shape index (κ2) is 9.49. The lowest BCUT2D eigenvalue weighted by Gasteiger charge is -2.29. The standard InChI is InChI=1S/C21H23BrN2O3S/c22-20-9-5-4-8-19(20)16-23-21(25)18-10-13-24(14-11-18)28(26,27)15-12-17-6-2-1-3-7-17/h1-9,12,15,18H,10-11,13-14,16H2,(H,23,25)/b15-12+. The number of sulfonamides is 1. The van der Waals surface area contributed by atoms with Gasteiger partial charge in [-0.3, -0.25) is 4.79 Å². The third kappa shape index (κ3) is 5.53. The minimum Gasteiger partial charge on any atom is -0.352 e. The van der Waals surface area contributed by atoms with Crippen LogP contribution in [-0.4, -0.2) is 31.7 Å². The van der Waals surface area contributed by atoms with Gasteiger partial charge in [0.05, 0.1) is 0 Å². The summed E-state index contributed by atoms with van der Waals surface area (Å²) < 4.78 is 27.4. The quantitative estimate of drug-likeness (QED) is 0.709. The summed E-state index contributed by atoms with van der Waals surface area (Å²) >= 11 is 3.47. The first kappa shape index (κ1) is 20.8. The number of nitrogens with zero attached hydrogens (tertiary/aromatic N) is 1. The van der Waals surface area contributed by atoms with Crippen LogP contribution < -0.4 is 5.32 Å². The maximum absolute atomic E-state index is 12.5. The molecule has 28 heavy (non-hydrogen) atoms. The molecule has 148 valence electrons. The Morgan fingerprint density at radius 3 is 2.39 bits per heavy atom. The summed E-state index contributed by atoms with van der Waals surface area (Å²) in [7, 11) is -3.48. The molecular weight excluding hydrogens is 440 g/mol. The smallest absolute Gasteiger partial charge is 0.236 e. The van der Waals surface area contributed by atoms with Crippen molar-refractivity contribution in [3.05, 3.63) is 75.6 Å². The molecule has 0 atom stereocenters. The van der Waals surface area contributed by atoms with E-state index in [-0.39, 0.29) is 11.8 Å². The summed E-state index contributed by atoms with van der Waals surface area (Å²) in [5.41, 5.74) is 1.86. The van der Waals surface area contributed by atoms with Gasteiger partial charge in [0, 0.05) is 35.4 Å². The highest BCUT2D eigenvalue weighted by molar-refractivity contribution is 9.10.